The summed E-state index contributed by atoms with van der Waals surface area (Å²) in [5.74, 6) is 0.137. The lowest BCUT2D eigenvalue weighted by molar-refractivity contribution is 0.262. The molecule has 6 nitrogen and oxygen atoms in total. The lowest BCUT2D eigenvalue weighted by Gasteiger charge is -2.16. The highest BCUT2D eigenvalue weighted by Crippen LogP contribution is 2.30. The Hall–Kier alpha value is -2.73. The standard InChI is InChI=1S/C17H16ClN5O/c1-10(2)15-13(9-20-12-3-4-14(18)23-16(12)15)22-17(24)21-11-5-7-19-8-6-11/h3-10H,1-2H3,(H2,19,21,22,24). The molecule has 0 bridgehead atoms. The molecule has 2 N–H and O–H groups in total. The van der Waals surface area contributed by atoms with Gasteiger partial charge in [0.25, 0.3) is 0 Å². The minimum atomic E-state index is -0.355. The molecule has 0 saturated carbocycles. The Morgan fingerprint density at radius 2 is 1.88 bits per heavy atom. The van der Waals surface area contributed by atoms with Gasteiger partial charge in [-0.1, -0.05) is 25.4 Å². The molecule has 3 rings (SSSR count). The number of hydrogen-bond donors (Lipinski definition) is 2. The van der Waals surface area contributed by atoms with Crippen LogP contribution in [0.25, 0.3) is 11.0 Å². The molecular weight excluding hydrogens is 326 g/mol. The smallest absolute Gasteiger partial charge is 0.308 e. The normalized spacial score (nSPS) is 10.8. The maximum absolute atomic E-state index is 12.2. The highest BCUT2D eigenvalue weighted by molar-refractivity contribution is 6.29. The van der Waals surface area contributed by atoms with Crippen LogP contribution < -0.4 is 10.6 Å². The number of aromatic nitrogens is 3. The fraction of sp³-hybridized carbons (Fsp3) is 0.176. The number of pyridine rings is 3. The molecule has 0 fully saturated rings. The molecule has 0 aliphatic heterocycles. The number of nitrogens with zero attached hydrogens (tertiary/aromatic N) is 3. The summed E-state index contributed by atoms with van der Waals surface area (Å²) in [4.78, 5) is 24.9. The van der Waals surface area contributed by atoms with Crippen molar-refractivity contribution in [3.8, 4) is 0 Å². The van der Waals surface area contributed by atoms with Crippen LogP contribution in [0.3, 0.4) is 0 Å². The first kappa shape index (κ1) is 16.1. The van der Waals surface area contributed by atoms with Gasteiger partial charge in [-0.3, -0.25) is 9.97 Å². The fourth-order valence-electron chi connectivity index (χ4n) is 2.47. The summed E-state index contributed by atoms with van der Waals surface area (Å²) < 4.78 is 0. The molecule has 0 unspecified atom stereocenters. The van der Waals surface area contributed by atoms with Crippen LogP contribution in [-0.2, 0) is 0 Å². The Labute approximate surface area is 144 Å². The number of anilines is 2. The number of carbonyl (C=O) groups excluding carboxylic acids is 1. The lowest BCUT2D eigenvalue weighted by atomic mass is 10.0. The third kappa shape index (κ3) is 3.44. The van der Waals surface area contributed by atoms with E-state index < -0.39 is 0 Å². The van der Waals surface area contributed by atoms with Gasteiger partial charge >= 0.3 is 6.03 Å². The number of fused-ring (bicyclic) bond motifs is 1. The Morgan fingerprint density at radius 1 is 1.12 bits per heavy atom. The largest absolute Gasteiger partial charge is 0.323 e. The summed E-state index contributed by atoms with van der Waals surface area (Å²) in [6.45, 7) is 4.06. The van der Waals surface area contributed by atoms with E-state index in [1.54, 1.807) is 36.8 Å². The Kier molecular flexibility index (Phi) is 4.57. The van der Waals surface area contributed by atoms with Crippen molar-refractivity contribution < 1.29 is 4.79 Å². The number of nitrogens with one attached hydrogen (secondary N) is 2. The summed E-state index contributed by atoms with van der Waals surface area (Å²) in [6, 6.07) is 6.58. The average Bonchev–Trinajstić information content (AvgIpc) is 2.54. The van der Waals surface area contributed by atoms with E-state index in [1.165, 1.54) is 0 Å². The van der Waals surface area contributed by atoms with Crippen LogP contribution in [0.15, 0.2) is 42.9 Å². The molecule has 3 aromatic heterocycles. The summed E-state index contributed by atoms with van der Waals surface area (Å²) >= 11 is 6.02. The van der Waals surface area contributed by atoms with Gasteiger partial charge in [-0.05, 0) is 30.2 Å². The van der Waals surface area contributed by atoms with E-state index in [4.69, 9.17) is 11.6 Å². The second-order valence-electron chi connectivity index (χ2n) is 5.56. The predicted octanol–water partition coefficient (Wildman–Crippen LogP) is 4.45. The number of halogens is 1. The number of amides is 2. The molecule has 0 aliphatic carbocycles. The van der Waals surface area contributed by atoms with Crippen LogP contribution in [0.2, 0.25) is 5.15 Å². The van der Waals surface area contributed by atoms with Crippen LogP contribution in [-0.4, -0.2) is 21.0 Å². The van der Waals surface area contributed by atoms with Gasteiger partial charge in [0.1, 0.15) is 5.15 Å². The van der Waals surface area contributed by atoms with Crippen molar-refractivity contribution >= 4 is 40.0 Å². The van der Waals surface area contributed by atoms with Crippen LogP contribution >= 0.6 is 11.6 Å². The second kappa shape index (κ2) is 6.80. The van der Waals surface area contributed by atoms with E-state index in [0.717, 1.165) is 11.1 Å². The van der Waals surface area contributed by atoms with Gasteiger partial charge in [-0.15, -0.1) is 0 Å². The second-order valence-corrected chi connectivity index (χ2v) is 5.94. The summed E-state index contributed by atoms with van der Waals surface area (Å²) in [6.07, 6.45) is 4.86. The monoisotopic (exact) mass is 341 g/mol. The molecule has 2 amide bonds. The minimum absolute atomic E-state index is 0.137. The van der Waals surface area contributed by atoms with Gasteiger partial charge in [0.2, 0.25) is 0 Å². The number of rotatable bonds is 3. The topological polar surface area (TPSA) is 79.8 Å². The Balaban J connectivity index is 1.94. The molecule has 122 valence electrons. The number of hydrogen-bond acceptors (Lipinski definition) is 4. The number of carbonyl (C=O) groups is 1. The van der Waals surface area contributed by atoms with E-state index in [-0.39, 0.29) is 11.9 Å². The zero-order chi connectivity index (χ0) is 17.1. The molecular formula is C17H16ClN5O. The molecule has 0 saturated heterocycles. The zero-order valence-electron chi connectivity index (χ0n) is 13.2. The van der Waals surface area contributed by atoms with E-state index >= 15 is 0 Å². The molecule has 7 heteroatoms. The van der Waals surface area contributed by atoms with Gasteiger partial charge < -0.3 is 10.6 Å². The Morgan fingerprint density at radius 3 is 2.58 bits per heavy atom. The maximum atomic E-state index is 12.2. The molecule has 0 aliphatic rings. The Bertz CT molecular complexity index is 883. The third-order valence-corrected chi connectivity index (χ3v) is 3.69. The molecule has 3 aromatic rings. The quantitative estimate of drug-likeness (QED) is 0.690. The van der Waals surface area contributed by atoms with Crippen molar-refractivity contribution in [3.05, 3.63) is 53.6 Å². The van der Waals surface area contributed by atoms with E-state index in [9.17, 15) is 4.79 Å². The minimum Gasteiger partial charge on any atom is -0.308 e. The fourth-order valence-corrected chi connectivity index (χ4v) is 2.61. The molecule has 0 spiro atoms. The van der Waals surface area contributed by atoms with Gasteiger partial charge in [0, 0.05) is 23.6 Å². The summed E-state index contributed by atoms with van der Waals surface area (Å²) in [5, 5.41) is 5.98. The molecule has 0 atom stereocenters. The highest BCUT2D eigenvalue weighted by Gasteiger charge is 2.16. The summed E-state index contributed by atoms with van der Waals surface area (Å²) in [5.41, 5.74) is 3.59. The van der Waals surface area contributed by atoms with Crippen LogP contribution in [0.1, 0.15) is 25.3 Å². The molecule has 0 aromatic carbocycles. The SMILES string of the molecule is CC(C)c1c(NC(=O)Nc2ccncc2)cnc2ccc(Cl)nc12. The molecule has 0 radical (unpaired) electrons. The van der Waals surface area contributed by atoms with E-state index in [0.29, 0.717) is 22.0 Å². The van der Waals surface area contributed by atoms with Crippen molar-refractivity contribution in [3.63, 3.8) is 0 Å². The first-order valence-electron chi connectivity index (χ1n) is 7.48. The highest BCUT2D eigenvalue weighted by atomic mass is 35.5. The average molecular weight is 342 g/mol. The molecule has 24 heavy (non-hydrogen) atoms. The van der Waals surface area contributed by atoms with Crippen molar-refractivity contribution in [2.24, 2.45) is 0 Å². The summed E-state index contributed by atoms with van der Waals surface area (Å²) in [7, 11) is 0. The van der Waals surface area contributed by atoms with Gasteiger partial charge in [-0.25, -0.2) is 9.78 Å². The van der Waals surface area contributed by atoms with Gasteiger partial charge in [0.15, 0.2) is 0 Å². The van der Waals surface area contributed by atoms with E-state index in [1.807, 2.05) is 19.9 Å². The third-order valence-electron chi connectivity index (χ3n) is 3.48. The van der Waals surface area contributed by atoms with Gasteiger partial charge in [0.05, 0.1) is 22.9 Å². The first-order chi connectivity index (χ1) is 11.5. The molecule has 3 heterocycles. The van der Waals surface area contributed by atoms with Crippen molar-refractivity contribution in [1.82, 2.24) is 15.0 Å². The van der Waals surface area contributed by atoms with Crippen molar-refractivity contribution in [1.29, 1.82) is 0 Å². The maximum Gasteiger partial charge on any atom is 0.323 e. The van der Waals surface area contributed by atoms with Crippen LogP contribution in [0, 0.1) is 0 Å². The van der Waals surface area contributed by atoms with Gasteiger partial charge in [-0.2, -0.15) is 0 Å². The van der Waals surface area contributed by atoms with E-state index in [2.05, 4.69) is 25.6 Å². The number of urea groups is 1. The van der Waals surface area contributed by atoms with Crippen LogP contribution in [0.5, 0.6) is 0 Å². The van der Waals surface area contributed by atoms with Crippen molar-refractivity contribution in [2.75, 3.05) is 10.6 Å². The van der Waals surface area contributed by atoms with Crippen LogP contribution in [0.4, 0.5) is 16.2 Å². The lowest BCUT2D eigenvalue weighted by Crippen LogP contribution is -2.20. The van der Waals surface area contributed by atoms with Crippen molar-refractivity contribution in [2.45, 2.75) is 19.8 Å². The predicted molar refractivity (Wildman–Crippen MR) is 95.5 cm³/mol. The first-order valence-corrected chi connectivity index (χ1v) is 7.85. The zero-order valence-corrected chi connectivity index (χ0v) is 14.0.